The lowest BCUT2D eigenvalue weighted by Gasteiger charge is -2.40. The van der Waals surface area contributed by atoms with E-state index < -0.39 is 37.1 Å². The van der Waals surface area contributed by atoms with Crippen molar-refractivity contribution in [2.24, 2.45) is 0 Å². The topological polar surface area (TPSA) is 99.4 Å². The zero-order valence-electron chi connectivity index (χ0n) is 17.2. The Morgan fingerprint density at radius 2 is 1.84 bits per heavy atom. The number of rotatable bonds is 5. The molecular formula is C24H27ClO6. The van der Waals surface area contributed by atoms with E-state index in [-0.39, 0.29) is 6.10 Å². The molecule has 2 aromatic rings. The van der Waals surface area contributed by atoms with Gasteiger partial charge in [-0.25, -0.2) is 0 Å². The van der Waals surface area contributed by atoms with Gasteiger partial charge < -0.3 is 29.9 Å². The van der Waals surface area contributed by atoms with Gasteiger partial charge in [-0.1, -0.05) is 54.6 Å². The summed E-state index contributed by atoms with van der Waals surface area (Å²) >= 11 is 6.71. The van der Waals surface area contributed by atoms with Crippen molar-refractivity contribution < 1.29 is 29.9 Å². The van der Waals surface area contributed by atoms with Gasteiger partial charge in [0.05, 0.1) is 11.6 Å². The fourth-order valence-corrected chi connectivity index (χ4v) is 4.62. The summed E-state index contributed by atoms with van der Waals surface area (Å²) in [5.74, 6) is 0.557. The molecule has 0 spiro atoms. The van der Waals surface area contributed by atoms with Crippen LogP contribution in [0, 0.1) is 0 Å². The average Bonchev–Trinajstić information content (AvgIpc) is 3.17. The van der Waals surface area contributed by atoms with Crippen LogP contribution in [-0.4, -0.2) is 57.6 Å². The van der Waals surface area contributed by atoms with Gasteiger partial charge in [-0.05, 0) is 35.6 Å². The van der Waals surface area contributed by atoms with Crippen LogP contribution in [0.2, 0.25) is 5.02 Å². The molecule has 166 valence electrons. The van der Waals surface area contributed by atoms with Crippen LogP contribution < -0.4 is 4.74 Å². The Labute approximate surface area is 186 Å². The van der Waals surface area contributed by atoms with E-state index in [9.17, 15) is 20.4 Å². The van der Waals surface area contributed by atoms with E-state index in [4.69, 9.17) is 21.1 Å². The van der Waals surface area contributed by atoms with Gasteiger partial charge in [0.2, 0.25) is 0 Å². The fraction of sp³-hybridized carbons (Fsp3) is 0.417. The van der Waals surface area contributed by atoms with Crippen LogP contribution in [0.4, 0.5) is 0 Å². The van der Waals surface area contributed by atoms with E-state index in [0.29, 0.717) is 29.2 Å². The monoisotopic (exact) mass is 446 g/mol. The molecular weight excluding hydrogens is 420 g/mol. The summed E-state index contributed by atoms with van der Waals surface area (Å²) in [5, 5.41) is 41.2. The molecule has 31 heavy (non-hydrogen) atoms. The number of benzene rings is 2. The molecule has 0 aromatic heterocycles. The summed E-state index contributed by atoms with van der Waals surface area (Å²) in [6.45, 7) is 5.22. The summed E-state index contributed by atoms with van der Waals surface area (Å²) < 4.78 is 11.8. The van der Waals surface area contributed by atoms with E-state index in [1.54, 1.807) is 6.08 Å². The van der Waals surface area contributed by atoms with E-state index in [0.717, 1.165) is 22.3 Å². The highest BCUT2D eigenvalue weighted by Crippen LogP contribution is 2.45. The molecule has 1 fully saturated rings. The van der Waals surface area contributed by atoms with Gasteiger partial charge in [-0.2, -0.15) is 0 Å². The van der Waals surface area contributed by atoms with E-state index >= 15 is 0 Å². The molecule has 0 saturated carbocycles. The van der Waals surface area contributed by atoms with Crippen molar-refractivity contribution in [2.75, 3.05) is 6.61 Å². The highest BCUT2D eigenvalue weighted by molar-refractivity contribution is 6.33. The Morgan fingerprint density at radius 1 is 1.13 bits per heavy atom. The van der Waals surface area contributed by atoms with Crippen molar-refractivity contribution in [3.05, 3.63) is 69.8 Å². The van der Waals surface area contributed by atoms with Gasteiger partial charge in [0.15, 0.2) is 0 Å². The maximum Gasteiger partial charge on any atom is 0.142 e. The van der Waals surface area contributed by atoms with Gasteiger partial charge in [0, 0.05) is 12.0 Å². The van der Waals surface area contributed by atoms with Crippen molar-refractivity contribution in [3.8, 4) is 5.75 Å². The highest BCUT2D eigenvalue weighted by atomic mass is 35.5. The number of ether oxygens (including phenoxy) is 2. The minimum absolute atomic E-state index is 0.0988. The van der Waals surface area contributed by atoms with Crippen molar-refractivity contribution in [1.29, 1.82) is 0 Å². The first-order chi connectivity index (χ1) is 14.8. The van der Waals surface area contributed by atoms with Crippen LogP contribution in [0.25, 0.3) is 6.08 Å². The predicted molar refractivity (Wildman–Crippen MR) is 117 cm³/mol. The molecule has 6 atom stereocenters. The van der Waals surface area contributed by atoms with E-state index in [2.05, 4.69) is 6.58 Å². The Morgan fingerprint density at radius 3 is 2.48 bits per heavy atom. The van der Waals surface area contributed by atoms with Gasteiger partial charge in [0.25, 0.3) is 0 Å². The number of halogens is 1. The molecule has 7 heteroatoms. The third-order valence-electron chi connectivity index (χ3n) is 6.05. The van der Waals surface area contributed by atoms with E-state index in [1.807, 2.05) is 37.3 Å². The van der Waals surface area contributed by atoms with Crippen molar-refractivity contribution >= 4 is 17.7 Å². The molecule has 6 nitrogen and oxygen atoms in total. The molecule has 0 amide bonds. The fourth-order valence-electron chi connectivity index (χ4n) is 4.34. The Hall–Kier alpha value is -1.93. The molecule has 0 aliphatic carbocycles. The first-order valence-corrected chi connectivity index (χ1v) is 10.7. The number of aliphatic hydroxyl groups is 4. The number of aliphatic hydroxyl groups excluding tert-OH is 4. The van der Waals surface area contributed by atoms with Crippen LogP contribution in [-0.2, 0) is 17.6 Å². The van der Waals surface area contributed by atoms with Crippen LogP contribution in [0.3, 0.4) is 0 Å². The van der Waals surface area contributed by atoms with Gasteiger partial charge in [-0.15, -0.1) is 0 Å². The second-order valence-electron chi connectivity index (χ2n) is 8.25. The van der Waals surface area contributed by atoms with Gasteiger partial charge in [0.1, 0.15) is 42.4 Å². The zero-order valence-corrected chi connectivity index (χ0v) is 18.0. The van der Waals surface area contributed by atoms with Crippen LogP contribution >= 0.6 is 11.6 Å². The number of fused-ring (bicyclic) bond motifs is 1. The average molecular weight is 447 g/mol. The lowest BCUT2D eigenvalue weighted by atomic mass is 9.86. The van der Waals surface area contributed by atoms with Gasteiger partial charge in [-0.3, -0.25) is 0 Å². The summed E-state index contributed by atoms with van der Waals surface area (Å²) in [4.78, 5) is 0. The normalized spacial score (nSPS) is 30.0. The molecule has 4 rings (SSSR count). The Kier molecular flexibility index (Phi) is 6.40. The molecule has 2 heterocycles. The lowest BCUT2D eigenvalue weighted by Crippen LogP contribution is -2.55. The van der Waals surface area contributed by atoms with Crippen molar-refractivity contribution in [3.63, 3.8) is 0 Å². The largest absolute Gasteiger partial charge is 0.488 e. The number of hydrogen-bond donors (Lipinski definition) is 4. The van der Waals surface area contributed by atoms with Crippen molar-refractivity contribution in [1.82, 2.24) is 0 Å². The highest BCUT2D eigenvalue weighted by Gasteiger charge is 2.45. The summed E-state index contributed by atoms with van der Waals surface area (Å²) in [5.41, 5.74) is 4.32. The third-order valence-corrected chi connectivity index (χ3v) is 6.47. The molecule has 0 bridgehead atoms. The van der Waals surface area contributed by atoms with Gasteiger partial charge >= 0.3 is 0 Å². The first-order valence-electron chi connectivity index (χ1n) is 10.4. The Balaban J connectivity index is 1.76. The lowest BCUT2D eigenvalue weighted by molar-refractivity contribution is -0.231. The summed E-state index contributed by atoms with van der Waals surface area (Å²) in [6, 6.07) is 9.81. The molecule has 2 aromatic carbocycles. The quantitative estimate of drug-likeness (QED) is 0.563. The molecule has 2 aliphatic heterocycles. The maximum atomic E-state index is 10.7. The minimum Gasteiger partial charge on any atom is -0.488 e. The second kappa shape index (κ2) is 8.90. The van der Waals surface area contributed by atoms with Crippen LogP contribution in [0.15, 0.2) is 36.9 Å². The summed E-state index contributed by atoms with van der Waals surface area (Å²) in [6.07, 6.45) is -3.34. The predicted octanol–water partition coefficient (Wildman–Crippen LogP) is 2.41. The first kappa shape index (κ1) is 22.3. The van der Waals surface area contributed by atoms with Crippen LogP contribution in [0.5, 0.6) is 5.75 Å². The standard InChI is InChI=1S/C24H27ClO6/c1-3-13-4-6-14(7-5-13)9-15-10-17(16-8-12(2)30-23(16)19(15)25)24-22(29)21(28)20(27)18(11-26)31-24/h3-7,10,12,18,20-22,24,26-29H,1,8-9,11H2,2H3/t12?,18-,20-,21+,22-,24+/m1/s1. The zero-order chi connectivity index (χ0) is 22.3. The molecule has 4 N–H and O–H groups in total. The summed E-state index contributed by atoms with van der Waals surface area (Å²) in [7, 11) is 0. The molecule has 0 radical (unpaired) electrons. The smallest absolute Gasteiger partial charge is 0.142 e. The maximum absolute atomic E-state index is 10.7. The van der Waals surface area contributed by atoms with E-state index in [1.165, 1.54) is 0 Å². The molecule has 2 aliphatic rings. The second-order valence-corrected chi connectivity index (χ2v) is 8.63. The minimum atomic E-state index is -1.45. The number of hydrogen-bond acceptors (Lipinski definition) is 6. The SMILES string of the molecule is C=Cc1ccc(Cc2cc([C@@H]3O[C@H](CO)[C@@H](O)[C@H](O)[C@H]3O)c3c(c2Cl)OC(C)C3)cc1. The third kappa shape index (κ3) is 4.12. The van der Waals surface area contributed by atoms with Crippen molar-refractivity contribution in [2.45, 2.75) is 56.4 Å². The Bertz CT molecular complexity index is 958. The molecule has 1 saturated heterocycles. The van der Waals surface area contributed by atoms with Crippen LogP contribution in [0.1, 0.15) is 40.8 Å². The molecule has 1 unspecified atom stereocenters.